The van der Waals surface area contributed by atoms with E-state index in [1.54, 1.807) is 4.90 Å². The van der Waals surface area contributed by atoms with E-state index < -0.39 is 30.0 Å². The lowest BCUT2D eigenvalue weighted by atomic mass is 9.85. The molecule has 166 valence electrons. The first-order valence-electron chi connectivity index (χ1n) is 9.69. The summed E-state index contributed by atoms with van der Waals surface area (Å²) in [5, 5.41) is 2.51. The highest BCUT2D eigenvalue weighted by Gasteiger charge is 2.63. The van der Waals surface area contributed by atoms with E-state index in [0.29, 0.717) is 6.54 Å². The molecule has 9 heteroatoms. The Bertz CT molecular complexity index is 966. The third-order valence-corrected chi connectivity index (χ3v) is 5.77. The number of nitrogens with one attached hydrogen (secondary N) is 1. The van der Waals surface area contributed by atoms with E-state index in [4.69, 9.17) is 11.6 Å². The number of hydrogen-bond acceptors (Lipinski definition) is 3. The largest absolute Gasteiger partial charge is 0.404 e. The Balaban J connectivity index is 1.82. The smallest absolute Gasteiger partial charge is 0.345 e. The number of hydrogen-bond donors (Lipinski definition) is 1. The van der Waals surface area contributed by atoms with Crippen LogP contribution in [-0.2, 0) is 11.3 Å². The van der Waals surface area contributed by atoms with E-state index in [1.807, 2.05) is 30.3 Å². The summed E-state index contributed by atoms with van der Waals surface area (Å²) in [7, 11) is 3.06. The van der Waals surface area contributed by atoms with Crippen LogP contribution in [-0.4, -0.2) is 55.0 Å². The number of likely N-dealkylation sites (tertiary alicyclic amines) is 1. The van der Waals surface area contributed by atoms with Gasteiger partial charge >= 0.3 is 6.18 Å². The minimum absolute atomic E-state index is 0.0877. The molecule has 0 bridgehead atoms. The number of alkyl halides is 3. The van der Waals surface area contributed by atoms with Gasteiger partial charge in [-0.3, -0.25) is 14.5 Å². The van der Waals surface area contributed by atoms with Crippen molar-refractivity contribution in [1.29, 1.82) is 0 Å². The monoisotopic (exact) mass is 453 g/mol. The van der Waals surface area contributed by atoms with Crippen molar-refractivity contribution in [1.82, 2.24) is 9.80 Å². The van der Waals surface area contributed by atoms with Gasteiger partial charge in [0.05, 0.1) is 10.6 Å². The zero-order chi connectivity index (χ0) is 22.8. The Morgan fingerprint density at radius 3 is 2.45 bits per heavy atom. The molecule has 1 heterocycles. The predicted molar refractivity (Wildman–Crippen MR) is 113 cm³/mol. The molecule has 2 aromatic carbocycles. The van der Waals surface area contributed by atoms with E-state index in [9.17, 15) is 22.8 Å². The Labute approximate surface area is 183 Å². The van der Waals surface area contributed by atoms with Gasteiger partial charge in [0.2, 0.25) is 5.91 Å². The van der Waals surface area contributed by atoms with Crippen LogP contribution in [0, 0.1) is 5.41 Å². The third kappa shape index (κ3) is 4.85. The molecule has 3 rings (SSSR count). The number of amides is 2. The van der Waals surface area contributed by atoms with Crippen LogP contribution in [0.5, 0.6) is 0 Å². The molecule has 0 radical (unpaired) electrons. The molecule has 0 aliphatic carbocycles. The summed E-state index contributed by atoms with van der Waals surface area (Å²) in [4.78, 5) is 28.1. The predicted octanol–water partition coefficient (Wildman–Crippen LogP) is 4.43. The van der Waals surface area contributed by atoms with Crippen LogP contribution in [0.2, 0.25) is 5.02 Å². The van der Waals surface area contributed by atoms with Crippen molar-refractivity contribution in [3.05, 3.63) is 64.7 Å². The van der Waals surface area contributed by atoms with Gasteiger partial charge < -0.3 is 10.2 Å². The lowest BCUT2D eigenvalue weighted by molar-refractivity contribution is -0.215. The van der Waals surface area contributed by atoms with E-state index in [0.717, 1.165) is 5.56 Å². The number of rotatable bonds is 5. The number of halogens is 4. The molecular formula is C22H23ClF3N3O2. The minimum atomic E-state index is -4.72. The van der Waals surface area contributed by atoms with Gasteiger partial charge in [0.25, 0.3) is 5.91 Å². The second-order valence-electron chi connectivity index (χ2n) is 7.87. The summed E-state index contributed by atoms with van der Waals surface area (Å²) in [5.41, 5.74) is -1.47. The fourth-order valence-corrected chi connectivity index (χ4v) is 3.87. The van der Waals surface area contributed by atoms with Crippen molar-refractivity contribution in [2.24, 2.45) is 5.41 Å². The summed E-state index contributed by atoms with van der Waals surface area (Å²) in [6, 6.07) is 13.2. The van der Waals surface area contributed by atoms with Gasteiger partial charge in [-0.05, 0) is 36.7 Å². The first kappa shape index (κ1) is 23.1. The van der Waals surface area contributed by atoms with Gasteiger partial charge in [-0.15, -0.1) is 0 Å². The summed E-state index contributed by atoms with van der Waals surface area (Å²) in [5.74, 6) is -1.55. The molecule has 1 fully saturated rings. The van der Waals surface area contributed by atoms with Crippen LogP contribution in [0.25, 0.3) is 0 Å². The van der Waals surface area contributed by atoms with Crippen molar-refractivity contribution in [2.45, 2.75) is 19.1 Å². The minimum Gasteiger partial charge on any atom is -0.345 e. The zero-order valence-electron chi connectivity index (χ0n) is 17.2. The van der Waals surface area contributed by atoms with Crippen LogP contribution in [0.15, 0.2) is 48.5 Å². The molecule has 2 aromatic rings. The second kappa shape index (κ2) is 8.88. The van der Waals surface area contributed by atoms with Crippen molar-refractivity contribution in [3.8, 4) is 0 Å². The molecule has 0 spiro atoms. The van der Waals surface area contributed by atoms with Crippen molar-refractivity contribution in [3.63, 3.8) is 0 Å². The molecule has 1 unspecified atom stereocenters. The van der Waals surface area contributed by atoms with E-state index >= 15 is 0 Å². The van der Waals surface area contributed by atoms with Gasteiger partial charge in [-0.2, -0.15) is 13.2 Å². The third-order valence-electron chi connectivity index (χ3n) is 5.44. The highest BCUT2D eigenvalue weighted by atomic mass is 35.5. The maximum absolute atomic E-state index is 14.1. The SMILES string of the molecule is CN(C)C(=O)c1cc(NC(=O)C2(C(F)(F)F)CCN(Cc3ccccc3)C2)ccc1Cl. The summed E-state index contributed by atoms with van der Waals surface area (Å²) >= 11 is 6.05. The van der Waals surface area contributed by atoms with E-state index in [1.165, 1.54) is 37.2 Å². The van der Waals surface area contributed by atoms with Crippen molar-refractivity contribution in [2.75, 3.05) is 32.5 Å². The van der Waals surface area contributed by atoms with Crippen LogP contribution in [0.4, 0.5) is 18.9 Å². The average Bonchev–Trinajstić information content (AvgIpc) is 3.15. The summed E-state index contributed by atoms with van der Waals surface area (Å²) in [6.45, 7) is 0.0372. The fraction of sp³-hybridized carbons (Fsp3) is 0.364. The molecular weight excluding hydrogens is 431 g/mol. The van der Waals surface area contributed by atoms with Crippen molar-refractivity contribution >= 4 is 29.1 Å². The first-order valence-corrected chi connectivity index (χ1v) is 10.1. The Morgan fingerprint density at radius 2 is 1.84 bits per heavy atom. The number of anilines is 1. The molecule has 0 saturated carbocycles. The number of carbonyl (C=O) groups excluding carboxylic acids is 2. The van der Waals surface area contributed by atoms with Gasteiger partial charge in [0.15, 0.2) is 5.41 Å². The van der Waals surface area contributed by atoms with Gasteiger partial charge in [0.1, 0.15) is 0 Å². The Morgan fingerprint density at radius 1 is 1.16 bits per heavy atom. The topological polar surface area (TPSA) is 52.7 Å². The second-order valence-corrected chi connectivity index (χ2v) is 8.28. The molecule has 0 aromatic heterocycles. The maximum atomic E-state index is 14.1. The molecule has 1 atom stereocenters. The van der Waals surface area contributed by atoms with Gasteiger partial charge in [-0.1, -0.05) is 41.9 Å². The van der Waals surface area contributed by atoms with E-state index in [2.05, 4.69) is 5.32 Å². The lowest BCUT2D eigenvalue weighted by Crippen LogP contribution is -2.49. The van der Waals surface area contributed by atoms with Gasteiger partial charge in [0, 0.05) is 32.9 Å². The molecule has 1 aliphatic rings. The Kier molecular flexibility index (Phi) is 6.62. The maximum Gasteiger partial charge on any atom is 0.404 e. The standard InChI is InChI=1S/C22H23ClF3N3O2/c1-28(2)19(30)17-12-16(8-9-18(17)23)27-20(31)21(22(24,25)26)10-11-29(14-21)13-15-6-4-3-5-7-15/h3-9,12H,10-11,13-14H2,1-2H3,(H,27,31). The molecule has 1 aliphatic heterocycles. The average molecular weight is 454 g/mol. The summed E-state index contributed by atoms with van der Waals surface area (Å²) in [6.07, 6.45) is -5.07. The van der Waals surface area contributed by atoms with Crippen LogP contribution in [0.1, 0.15) is 22.3 Å². The normalized spacial score (nSPS) is 19.3. The van der Waals surface area contributed by atoms with Crippen LogP contribution in [0.3, 0.4) is 0 Å². The molecule has 5 nitrogen and oxygen atoms in total. The van der Waals surface area contributed by atoms with Crippen molar-refractivity contribution < 1.29 is 22.8 Å². The zero-order valence-corrected chi connectivity index (χ0v) is 17.9. The summed E-state index contributed by atoms with van der Waals surface area (Å²) < 4.78 is 42.3. The molecule has 1 N–H and O–H groups in total. The molecule has 1 saturated heterocycles. The quantitative estimate of drug-likeness (QED) is 0.728. The molecule has 31 heavy (non-hydrogen) atoms. The number of carbonyl (C=O) groups is 2. The van der Waals surface area contributed by atoms with E-state index in [-0.39, 0.29) is 29.2 Å². The van der Waals surface area contributed by atoms with Gasteiger partial charge in [-0.25, -0.2) is 0 Å². The van der Waals surface area contributed by atoms with Crippen LogP contribution < -0.4 is 5.32 Å². The highest BCUT2D eigenvalue weighted by Crippen LogP contribution is 2.46. The first-order chi connectivity index (χ1) is 14.5. The van der Waals surface area contributed by atoms with Crippen LogP contribution >= 0.6 is 11.6 Å². The highest BCUT2D eigenvalue weighted by molar-refractivity contribution is 6.34. The Hall–Kier alpha value is -2.58. The lowest BCUT2D eigenvalue weighted by Gasteiger charge is -2.30. The number of benzene rings is 2. The molecule has 2 amide bonds. The number of nitrogens with zero attached hydrogens (tertiary/aromatic N) is 2. The fourth-order valence-electron chi connectivity index (χ4n) is 3.67.